The largest absolute Gasteiger partial charge is 0.462 e. The molecule has 6 heteroatoms. The fourth-order valence-corrected chi connectivity index (χ4v) is 1.95. The molecule has 5 nitrogen and oxygen atoms in total. The average Bonchev–Trinajstić information content (AvgIpc) is 2.97. The summed E-state index contributed by atoms with van der Waals surface area (Å²) in [5.41, 5.74) is 0.560. The van der Waals surface area contributed by atoms with E-state index in [4.69, 9.17) is 4.42 Å². The van der Waals surface area contributed by atoms with Gasteiger partial charge in [-0.3, -0.25) is 0 Å². The zero-order chi connectivity index (χ0) is 14.1. The van der Waals surface area contributed by atoms with Crippen LogP contribution in [0.3, 0.4) is 0 Å². The van der Waals surface area contributed by atoms with Gasteiger partial charge in [-0.25, -0.2) is 9.18 Å². The third kappa shape index (κ3) is 1.91. The first-order chi connectivity index (χ1) is 9.70. The van der Waals surface area contributed by atoms with Crippen LogP contribution in [0, 0.1) is 5.82 Å². The fourth-order valence-electron chi connectivity index (χ4n) is 1.95. The molecule has 3 aromatic rings. The summed E-state index contributed by atoms with van der Waals surface area (Å²) < 4.78 is 23.5. The van der Waals surface area contributed by atoms with E-state index in [-0.39, 0.29) is 17.6 Å². The number of ether oxygens (including phenoxy) is 1. The van der Waals surface area contributed by atoms with Crippen LogP contribution in [0.4, 0.5) is 4.39 Å². The number of fused-ring (bicyclic) bond motifs is 1. The number of esters is 1. The number of carbonyl (C=O) groups excluding carboxylic acids is 1. The van der Waals surface area contributed by atoms with Gasteiger partial charge in [0, 0.05) is 10.9 Å². The Kier molecular flexibility index (Phi) is 2.90. The van der Waals surface area contributed by atoms with E-state index in [0.29, 0.717) is 16.3 Å². The van der Waals surface area contributed by atoms with Gasteiger partial charge < -0.3 is 9.15 Å². The van der Waals surface area contributed by atoms with E-state index < -0.39 is 5.97 Å². The standard InChI is InChI=1S/C14H9FN2O3/c1-19-14(18)13-17-16-12(20-13)10-6-7-11(15)9-5-3-2-4-8(9)10/h2-7H,1H3. The number of hydrogen-bond donors (Lipinski definition) is 0. The summed E-state index contributed by atoms with van der Waals surface area (Å²) >= 11 is 0. The van der Waals surface area contributed by atoms with Gasteiger partial charge in [-0.2, -0.15) is 0 Å². The maximum atomic E-state index is 13.7. The Morgan fingerprint density at radius 3 is 2.65 bits per heavy atom. The number of rotatable bonds is 2. The summed E-state index contributed by atoms with van der Waals surface area (Å²) in [4.78, 5) is 11.3. The molecule has 1 aromatic heterocycles. The van der Waals surface area contributed by atoms with Crippen molar-refractivity contribution in [3.63, 3.8) is 0 Å². The van der Waals surface area contributed by atoms with Crippen LogP contribution in [0.5, 0.6) is 0 Å². The van der Waals surface area contributed by atoms with Crippen LogP contribution in [0.1, 0.15) is 10.7 Å². The predicted octanol–water partition coefficient (Wildman–Crippen LogP) is 2.82. The van der Waals surface area contributed by atoms with Crippen molar-refractivity contribution in [1.29, 1.82) is 0 Å². The second kappa shape index (κ2) is 4.73. The van der Waals surface area contributed by atoms with Gasteiger partial charge in [-0.05, 0) is 17.5 Å². The minimum Gasteiger partial charge on any atom is -0.462 e. The van der Waals surface area contributed by atoms with Crippen LogP contribution >= 0.6 is 0 Å². The first-order valence-electron chi connectivity index (χ1n) is 5.80. The molecule has 100 valence electrons. The highest BCUT2D eigenvalue weighted by Gasteiger charge is 2.18. The molecule has 0 aliphatic carbocycles. The van der Waals surface area contributed by atoms with Crippen molar-refractivity contribution in [3.05, 3.63) is 48.1 Å². The molecule has 0 aliphatic heterocycles. The van der Waals surface area contributed by atoms with Crippen molar-refractivity contribution >= 4 is 16.7 Å². The van der Waals surface area contributed by atoms with Gasteiger partial charge in [-0.1, -0.05) is 24.3 Å². The van der Waals surface area contributed by atoms with Gasteiger partial charge in [0.2, 0.25) is 5.89 Å². The summed E-state index contributed by atoms with van der Waals surface area (Å²) in [6.07, 6.45) is 0. The zero-order valence-corrected chi connectivity index (χ0v) is 10.5. The summed E-state index contributed by atoms with van der Waals surface area (Å²) in [7, 11) is 1.22. The molecule has 0 bridgehead atoms. The lowest BCUT2D eigenvalue weighted by atomic mass is 10.0. The van der Waals surface area contributed by atoms with Gasteiger partial charge in [-0.15, -0.1) is 10.2 Å². The Labute approximate surface area is 113 Å². The van der Waals surface area contributed by atoms with Crippen LogP contribution in [0.2, 0.25) is 0 Å². The second-order valence-electron chi connectivity index (χ2n) is 4.04. The molecule has 0 spiro atoms. The van der Waals surface area contributed by atoms with Gasteiger partial charge >= 0.3 is 11.9 Å². The number of nitrogens with zero attached hydrogens (tertiary/aromatic N) is 2. The molecular formula is C14H9FN2O3. The Morgan fingerprint density at radius 1 is 1.15 bits per heavy atom. The number of halogens is 1. The number of aromatic nitrogens is 2. The van der Waals surface area contributed by atoms with E-state index in [9.17, 15) is 9.18 Å². The van der Waals surface area contributed by atoms with Crippen LogP contribution in [-0.4, -0.2) is 23.3 Å². The van der Waals surface area contributed by atoms with Crippen molar-refractivity contribution in [1.82, 2.24) is 10.2 Å². The van der Waals surface area contributed by atoms with Crippen LogP contribution in [0.25, 0.3) is 22.2 Å². The lowest BCUT2D eigenvalue weighted by Crippen LogP contribution is -2.00. The van der Waals surface area contributed by atoms with Crippen molar-refractivity contribution < 1.29 is 18.3 Å². The Bertz CT molecular complexity index is 798. The summed E-state index contributed by atoms with van der Waals surface area (Å²) in [6.45, 7) is 0. The Hall–Kier alpha value is -2.76. The molecule has 0 fully saturated rings. The van der Waals surface area contributed by atoms with Crippen LogP contribution in [0.15, 0.2) is 40.8 Å². The minimum absolute atomic E-state index is 0.140. The first kappa shape index (κ1) is 12.3. The van der Waals surface area contributed by atoms with E-state index in [1.807, 2.05) is 0 Å². The summed E-state index contributed by atoms with van der Waals surface area (Å²) in [5.74, 6) is -1.15. The molecular weight excluding hydrogens is 263 g/mol. The van der Waals surface area contributed by atoms with E-state index in [1.165, 1.54) is 19.2 Å². The van der Waals surface area contributed by atoms with Crippen molar-refractivity contribution in [2.75, 3.05) is 7.11 Å². The maximum Gasteiger partial charge on any atom is 0.396 e. The number of benzene rings is 2. The molecule has 2 aromatic carbocycles. The predicted molar refractivity (Wildman–Crippen MR) is 68.5 cm³/mol. The van der Waals surface area contributed by atoms with E-state index in [0.717, 1.165) is 0 Å². The average molecular weight is 272 g/mol. The highest BCUT2D eigenvalue weighted by molar-refractivity contribution is 5.95. The quantitative estimate of drug-likeness (QED) is 0.671. The fraction of sp³-hybridized carbons (Fsp3) is 0.0714. The molecule has 0 saturated carbocycles. The molecule has 0 saturated heterocycles. The lowest BCUT2D eigenvalue weighted by molar-refractivity contribution is 0.0556. The highest BCUT2D eigenvalue weighted by Crippen LogP contribution is 2.29. The number of methoxy groups -OCH3 is 1. The molecule has 0 atom stereocenters. The van der Waals surface area contributed by atoms with Gasteiger partial charge in [0.1, 0.15) is 5.82 Å². The van der Waals surface area contributed by atoms with Gasteiger partial charge in [0.05, 0.1) is 7.11 Å². The highest BCUT2D eigenvalue weighted by atomic mass is 19.1. The molecule has 0 aliphatic rings. The molecule has 3 rings (SSSR count). The number of hydrogen-bond acceptors (Lipinski definition) is 5. The van der Waals surface area contributed by atoms with Crippen LogP contribution in [-0.2, 0) is 4.74 Å². The number of carbonyl (C=O) groups is 1. The summed E-state index contributed by atoms with van der Waals surface area (Å²) in [6, 6.07) is 9.78. The van der Waals surface area contributed by atoms with Gasteiger partial charge in [0.15, 0.2) is 0 Å². The molecule has 0 unspecified atom stereocenters. The van der Waals surface area contributed by atoms with Gasteiger partial charge in [0.25, 0.3) is 0 Å². The van der Waals surface area contributed by atoms with Crippen LogP contribution < -0.4 is 0 Å². The SMILES string of the molecule is COC(=O)c1nnc(-c2ccc(F)c3ccccc23)o1. The monoisotopic (exact) mass is 272 g/mol. The van der Waals surface area contributed by atoms with E-state index in [2.05, 4.69) is 14.9 Å². The smallest absolute Gasteiger partial charge is 0.396 e. The normalized spacial score (nSPS) is 10.7. The van der Waals surface area contributed by atoms with Crippen molar-refractivity contribution in [2.24, 2.45) is 0 Å². The first-order valence-corrected chi connectivity index (χ1v) is 5.80. The second-order valence-corrected chi connectivity index (χ2v) is 4.04. The van der Waals surface area contributed by atoms with E-state index >= 15 is 0 Å². The molecule has 0 N–H and O–H groups in total. The molecule has 0 radical (unpaired) electrons. The zero-order valence-electron chi connectivity index (χ0n) is 10.5. The van der Waals surface area contributed by atoms with Crippen molar-refractivity contribution in [3.8, 4) is 11.5 Å². The Morgan fingerprint density at radius 2 is 1.90 bits per heavy atom. The Balaban J connectivity index is 2.17. The summed E-state index contributed by atoms with van der Waals surface area (Å²) in [5, 5.41) is 8.48. The minimum atomic E-state index is -0.713. The molecule has 20 heavy (non-hydrogen) atoms. The third-order valence-corrected chi connectivity index (χ3v) is 2.89. The molecule has 1 heterocycles. The maximum absolute atomic E-state index is 13.7. The third-order valence-electron chi connectivity index (χ3n) is 2.89. The molecule has 0 amide bonds. The van der Waals surface area contributed by atoms with Crippen molar-refractivity contribution in [2.45, 2.75) is 0 Å². The van der Waals surface area contributed by atoms with E-state index in [1.54, 1.807) is 24.3 Å². The topological polar surface area (TPSA) is 65.2 Å². The lowest BCUT2D eigenvalue weighted by Gasteiger charge is -2.03.